The van der Waals surface area contributed by atoms with Gasteiger partial charge in [0.15, 0.2) is 0 Å². The van der Waals surface area contributed by atoms with E-state index in [1.807, 2.05) is 24.3 Å². The number of morpholine rings is 1. The van der Waals surface area contributed by atoms with E-state index >= 15 is 0 Å². The number of anilines is 1. The minimum atomic E-state index is 0.307. The summed E-state index contributed by atoms with van der Waals surface area (Å²) < 4.78 is 11.4. The van der Waals surface area contributed by atoms with Crippen LogP contribution in [0.15, 0.2) is 24.3 Å². The molecule has 0 unspecified atom stereocenters. The molecule has 1 saturated heterocycles. The summed E-state index contributed by atoms with van der Waals surface area (Å²) in [5.74, 6) is 0.837. The van der Waals surface area contributed by atoms with E-state index in [-0.39, 0.29) is 0 Å². The summed E-state index contributed by atoms with van der Waals surface area (Å²) in [5, 5.41) is 0. The molecule has 2 atom stereocenters. The Morgan fingerprint density at radius 2 is 2.06 bits per heavy atom. The summed E-state index contributed by atoms with van der Waals surface area (Å²) in [5.41, 5.74) is 6.44. The van der Waals surface area contributed by atoms with Crippen LogP contribution in [0.4, 0.5) is 5.69 Å². The molecule has 0 radical (unpaired) electrons. The molecule has 1 fully saturated rings. The Hall–Kier alpha value is -1.26. The number of nitrogens with zero attached hydrogens (tertiary/aromatic N) is 1. The third-order valence-electron chi connectivity index (χ3n) is 3.03. The summed E-state index contributed by atoms with van der Waals surface area (Å²) in [6.07, 6.45) is 0.613. The van der Waals surface area contributed by atoms with Crippen LogP contribution in [0.25, 0.3) is 0 Å². The molecular formula is C14H22N2O2. The molecule has 1 heterocycles. The van der Waals surface area contributed by atoms with Crippen LogP contribution >= 0.6 is 0 Å². The van der Waals surface area contributed by atoms with Crippen LogP contribution in [-0.2, 0) is 4.74 Å². The van der Waals surface area contributed by atoms with Gasteiger partial charge in [-0.15, -0.1) is 0 Å². The lowest BCUT2D eigenvalue weighted by molar-refractivity contribution is -0.0699. The van der Waals surface area contributed by atoms with Gasteiger partial charge in [-0.05, 0) is 26.0 Å². The van der Waals surface area contributed by atoms with E-state index in [4.69, 9.17) is 15.2 Å². The van der Waals surface area contributed by atoms with Crippen LogP contribution < -0.4 is 10.5 Å². The quantitative estimate of drug-likeness (QED) is 0.827. The number of hydrogen-bond acceptors (Lipinski definition) is 4. The molecule has 0 amide bonds. The van der Waals surface area contributed by atoms with E-state index in [0.717, 1.165) is 31.1 Å². The van der Waals surface area contributed by atoms with Crippen molar-refractivity contribution in [2.24, 2.45) is 0 Å². The van der Waals surface area contributed by atoms with Crippen molar-refractivity contribution >= 4 is 5.69 Å². The average Bonchev–Trinajstić information content (AvgIpc) is 2.27. The van der Waals surface area contributed by atoms with E-state index in [2.05, 4.69) is 18.7 Å². The van der Waals surface area contributed by atoms with Gasteiger partial charge in [0.1, 0.15) is 12.4 Å². The van der Waals surface area contributed by atoms with Gasteiger partial charge in [-0.3, -0.25) is 4.90 Å². The first-order chi connectivity index (χ1) is 8.63. The van der Waals surface area contributed by atoms with Gasteiger partial charge in [0, 0.05) is 31.4 Å². The summed E-state index contributed by atoms with van der Waals surface area (Å²) in [6.45, 7) is 7.79. The summed E-state index contributed by atoms with van der Waals surface area (Å²) in [4.78, 5) is 2.38. The van der Waals surface area contributed by atoms with Gasteiger partial charge in [-0.2, -0.15) is 0 Å². The summed E-state index contributed by atoms with van der Waals surface area (Å²) in [7, 11) is 0. The van der Waals surface area contributed by atoms with Crippen molar-refractivity contribution in [3.05, 3.63) is 24.3 Å². The van der Waals surface area contributed by atoms with Crippen molar-refractivity contribution in [3.63, 3.8) is 0 Å². The van der Waals surface area contributed by atoms with Crippen LogP contribution in [0.2, 0.25) is 0 Å². The molecule has 1 aromatic rings. The number of nitrogens with two attached hydrogens (primary N) is 1. The van der Waals surface area contributed by atoms with Gasteiger partial charge in [-0.25, -0.2) is 0 Å². The number of rotatable bonds is 4. The fourth-order valence-electron chi connectivity index (χ4n) is 2.36. The van der Waals surface area contributed by atoms with Crippen LogP contribution in [-0.4, -0.2) is 43.3 Å². The molecule has 4 heteroatoms. The molecule has 0 spiro atoms. The largest absolute Gasteiger partial charge is 0.492 e. The Kier molecular flexibility index (Phi) is 4.44. The van der Waals surface area contributed by atoms with Crippen molar-refractivity contribution in [2.75, 3.05) is 32.0 Å². The van der Waals surface area contributed by atoms with Crippen LogP contribution in [0, 0.1) is 0 Å². The average molecular weight is 250 g/mol. The first kappa shape index (κ1) is 13.2. The van der Waals surface area contributed by atoms with Gasteiger partial charge in [0.05, 0.1) is 12.2 Å². The summed E-state index contributed by atoms with van der Waals surface area (Å²) >= 11 is 0. The third-order valence-corrected chi connectivity index (χ3v) is 3.03. The van der Waals surface area contributed by atoms with Gasteiger partial charge < -0.3 is 15.2 Å². The zero-order chi connectivity index (χ0) is 13.0. The Morgan fingerprint density at radius 3 is 2.72 bits per heavy atom. The lowest BCUT2D eigenvalue weighted by Crippen LogP contribution is -2.46. The molecule has 18 heavy (non-hydrogen) atoms. The molecular weight excluding hydrogens is 228 g/mol. The lowest BCUT2D eigenvalue weighted by atomic mass is 10.2. The van der Waals surface area contributed by atoms with Crippen molar-refractivity contribution in [3.8, 4) is 5.75 Å². The minimum absolute atomic E-state index is 0.307. The smallest absolute Gasteiger partial charge is 0.121 e. The molecule has 4 nitrogen and oxygen atoms in total. The number of benzene rings is 1. The fourth-order valence-corrected chi connectivity index (χ4v) is 2.36. The number of ether oxygens (including phenoxy) is 2. The second-order valence-electron chi connectivity index (χ2n) is 4.94. The Labute approximate surface area is 109 Å². The zero-order valence-electron chi connectivity index (χ0n) is 11.1. The number of hydrogen-bond donors (Lipinski definition) is 1. The summed E-state index contributed by atoms with van der Waals surface area (Å²) in [6, 6.07) is 7.55. The standard InChI is InChI=1S/C14H22N2O2/c1-11-9-16(10-12(2)18-11)6-7-17-14-5-3-4-13(15)8-14/h3-5,8,11-12H,6-7,9-10,15H2,1-2H3/t11-,12+. The van der Waals surface area contributed by atoms with Crippen LogP contribution in [0.3, 0.4) is 0 Å². The van der Waals surface area contributed by atoms with E-state index in [1.54, 1.807) is 0 Å². The number of nitrogen functional groups attached to an aromatic ring is 1. The predicted molar refractivity (Wildman–Crippen MR) is 72.8 cm³/mol. The highest BCUT2D eigenvalue weighted by Gasteiger charge is 2.21. The molecule has 1 aromatic carbocycles. The Morgan fingerprint density at radius 1 is 1.33 bits per heavy atom. The highest BCUT2D eigenvalue weighted by atomic mass is 16.5. The van der Waals surface area contributed by atoms with E-state index in [9.17, 15) is 0 Å². The Balaban J connectivity index is 1.75. The Bertz CT molecular complexity index is 374. The van der Waals surface area contributed by atoms with E-state index in [0.29, 0.717) is 18.8 Å². The van der Waals surface area contributed by atoms with Crippen molar-refractivity contribution in [1.82, 2.24) is 4.90 Å². The SMILES string of the molecule is C[C@@H]1CN(CCOc2cccc(N)c2)C[C@H](C)O1. The predicted octanol–water partition coefficient (Wildman–Crippen LogP) is 1.76. The first-order valence-electron chi connectivity index (χ1n) is 6.49. The van der Waals surface area contributed by atoms with E-state index in [1.165, 1.54) is 0 Å². The maximum absolute atomic E-state index is 5.70. The molecule has 1 aliphatic rings. The fraction of sp³-hybridized carbons (Fsp3) is 0.571. The van der Waals surface area contributed by atoms with Gasteiger partial charge in [0.25, 0.3) is 0 Å². The van der Waals surface area contributed by atoms with Crippen molar-refractivity contribution in [2.45, 2.75) is 26.1 Å². The zero-order valence-corrected chi connectivity index (χ0v) is 11.1. The maximum Gasteiger partial charge on any atom is 0.121 e. The molecule has 0 saturated carbocycles. The van der Waals surface area contributed by atoms with E-state index < -0.39 is 0 Å². The molecule has 0 aliphatic carbocycles. The second-order valence-corrected chi connectivity index (χ2v) is 4.94. The van der Waals surface area contributed by atoms with Crippen LogP contribution in [0.5, 0.6) is 5.75 Å². The van der Waals surface area contributed by atoms with Gasteiger partial charge in [-0.1, -0.05) is 6.07 Å². The highest BCUT2D eigenvalue weighted by molar-refractivity contribution is 5.43. The topological polar surface area (TPSA) is 47.7 Å². The molecule has 2 rings (SSSR count). The van der Waals surface area contributed by atoms with Crippen molar-refractivity contribution < 1.29 is 9.47 Å². The highest BCUT2D eigenvalue weighted by Crippen LogP contribution is 2.15. The third kappa shape index (κ3) is 3.89. The maximum atomic E-state index is 5.70. The monoisotopic (exact) mass is 250 g/mol. The van der Waals surface area contributed by atoms with Gasteiger partial charge in [0.2, 0.25) is 0 Å². The molecule has 0 aromatic heterocycles. The molecule has 100 valence electrons. The first-order valence-corrected chi connectivity index (χ1v) is 6.49. The normalized spacial score (nSPS) is 25.0. The molecule has 0 bridgehead atoms. The molecule has 2 N–H and O–H groups in total. The second kappa shape index (κ2) is 6.07. The lowest BCUT2D eigenvalue weighted by Gasteiger charge is -2.35. The van der Waals surface area contributed by atoms with Crippen molar-refractivity contribution in [1.29, 1.82) is 0 Å². The minimum Gasteiger partial charge on any atom is -0.492 e. The van der Waals surface area contributed by atoms with Crippen LogP contribution in [0.1, 0.15) is 13.8 Å². The molecule has 1 aliphatic heterocycles. The van der Waals surface area contributed by atoms with Gasteiger partial charge >= 0.3 is 0 Å².